The summed E-state index contributed by atoms with van der Waals surface area (Å²) in [6, 6.07) is 16.2. The maximum atomic E-state index is 10.5. The van der Waals surface area contributed by atoms with E-state index in [-0.39, 0.29) is 4.90 Å². The molecule has 2 aromatic carbocycles. The number of hydrogen-bond donors (Lipinski definition) is 2. The van der Waals surface area contributed by atoms with E-state index in [0.717, 1.165) is 62.3 Å². The van der Waals surface area contributed by atoms with E-state index in [1.54, 1.807) is 12.1 Å². The molecule has 0 aliphatic carbocycles. The molecule has 0 bridgehead atoms. The standard InChI is InChI=1S/C18H26N4O.C7H8O3S/c1-2-7-11-19-17(10-6-1)21-18(22-12-14-23-15-13-22)20-16-8-4-3-5-9-16;1-6-2-4-7(5-3-6)11(8,9)10/h3-5,8-9H,1-2,6-7,10-15H2,(H,19,20,21);2-5H,1H3,(H,8,9,10). The normalized spacial score (nSPS) is 17.5. The van der Waals surface area contributed by atoms with Gasteiger partial charge in [-0.1, -0.05) is 48.7 Å². The molecule has 0 aromatic heterocycles. The number of aliphatic imine (C=N–C) groups is 2. The van der Waals surface area contributed by atoms with Crippen LogP contribution in [-0.4, -0.2) is 62.5 Å². The summed E-state index contributed by atoms with van der Waals surface area (Å²) in [5.74, 6) is 1.88. The lowest BCUT2D eigenvalue weighted by Crippen LogP contribution is -2.44. The van der Waals surface area contributed by atoms with Gasteiger partial charge in [-0.3, -0.25) is 9.55 Å². The Morgan fingerprint density at radius 3 is 2.35 bits per heavy atom. The van der Waals surface area contributed by atoms with E-state index < -0.39 is 10.1 Å². The molecule has 1 fully saturated rings. The minimum Gasteiger partial charge on any atom is -0.378 e. The van der Waals surface area contributed by atoms with Crippen LogP contribution in [0.25, 0.3) is 0 Å². The third kappa shape index (κ3) is 8.89. The molecule has 0 spiro atoms. The van der Waals surface area contributed by atoms with Crippen molar-refractivity contribution in [3.63, 3.8) is 0 Å². The fraction of sp³-hybridized carbons (Fsp3) is 0.440. The van der Waals surface area contributed by atoms with Crippen molar-refractivity contribution in [2.45, 2.75) is 43.9 Å². The van der Waals surface area contributed by atoms with Crippen molar-refractivity contribution in [1.82, 2.24) is 4.90 Å². The average Bonchev–Trinajstić information content (AvgIpc) is 2.81. The SMILES string of the molecule is Cc1ccc(S(=O)(=O)O)cc1.c1ccc(NC(=NC2=NCCCCCC2)N2CCOCC2)cc1. The first-order valence-electron chi connectivity index (χ1n) is 11.7. The van der Waals surface area contributed by atoms with E-state index >= 15 is 0 Å². The molecular weight excluding hydrogens is 452 g/mol. The number of para-hydroxylation sites is 1. The zero-order chi connectivity index (χ0) is 24.2. The molecule has 4 rings (SSSR count). The number of rotatable bonds is 2. The molecule has 1 saturated heterocycles. The van der Waals surface area contributed by atoms with Crippen LogP contribution in [0.1, 0.15) is 37.7 Å². The second kappa shape index (κ2) is 13.2. The van der Waals surface area contributed by atoms with Gasteiger partial charge in [0.1, 0.15) is 5.84 Å². The third-order valence-corrected chi connectivity index (χ3v) is 6.37. The topological polar surface area (TPSA) is 104 Å². The highest BCUT2D eigenvalue weighted by Crippen LogP contribution is 2.13. The largest absolute Gasteiger partial charge is 0.378 e. The lowest BCUT2D eigenvalue weighted by molar-refractivity contribution is 0.0681. The Balaban J connectivity index is 0.000000248. The number of ether oxygens (including phenoxy) is 1. The summed E-state index contributed by atoms with van der Waals surface area (Å²) in [7, 11) is -4.02. The minimum atomic E-state index is -4.02. The molecule has 2 heterocycles. The van der Waals surface area contributed by atoms with E-state index in [9.17, 15) is 8.42 Å². The Morgan fingerprint density at radius 2 is 1.68 bits per heavy atom. The summed E-state index contributed by atoms with van der Waals surface area (Å²) >= 11 is 0. The fourth-order valence-electron chi connectivity index (χ4n) is 3.56. The van der Waals surface area contributed by atoms with Gasteiger partial charge in [0.2, 0.25) is 5.96 Å². The van der Waals surface area contributed by atoms with E-state index in [0.29, 0.717) is 0 Å². The number of aryl methyl sites for hydroxylation is 1. The van der Waals surface area contributed by atoms with E-state index in [2.05, 4.69) is 22.3 Å². The quantitative estimate of drug-likeness (QED) is 0.371. The maximum Gasteiger partial charge on any atom is 0.294 e. The van der Waals surface area contributed by atoms with Gasteiger partial charge in [0.15, 0.2) is 0 Å². The van der Waals surface area contributed by atoms with Gasteiger partial charge in [-0.25, -0.2) is 0 Å². The van der Waals surface area contributed by atoms with Crippen LogP contribution >= 0.6 is 0 Å². The summed E-state index contributed by atoms with van der Waals surface area (Å²) in [5, 5.41) is 3.47. The van der Waals surface area contributed by atoms with Crippen molar-refractivity contribution in [1.29, 1.82) is 0 Å². The maximum absolute atomic E-state index is 10.5. The van der Waals surface area contributed by atoms with Gasteiger partial charge >= 0.3 is 0 Å². The van der Waals surface area contributed by atoms with Crippen molar-refractivity contribution in [3.05, 3.63) is 60.2 Å². The van der Waals surface area contributed by atoms with E-state index in [4.69, 9.17) is 19.3 Å². The number of hydrogen-bond acceptors (Lipinski definition) is 5. The highest BCUT2D eigenvalue weighted by Gasteiger charge is 2.16. The first-order valence-corrected chi connectivity index (χ1v) is 13.2. The average molecular weight is 487 g/mol. The monoisotopic (exact) mass is 486 g/mol. The molecule has 34 heavy (non-hydrogen) atoms. The number of anilines is 1. The molecule has 184 valence electrons. The van der Waals surface area contributed by atoms with Gasteiger partial charge < -0.3 is 15.0 Å². The molecule has 0 saturated carbocycles. The van der Waals surface area contributed by atoms with Gasteiger partial charge in [0.05, 0.1) is 18.1 Å². The van der Waals surface area contributed by atoms with Gasteiger partial charge in [-0.15, -0.1) is 0 Å². The molecule has 0 atom stereocenters. The van der Waals surface area contributed by atoms with Gasteiger partial charge in [-0.2, -0.15) is 13.4 Å². The molecule has 2 aromatic rings. The van der Waals surface area contributed by atoms with Crippen LogP contribution in [0.4, 0.5) is 5.69 Å². The molecule has 2 aliphatic heterocycles. The lowest BCUT2D eigenvalue weighted by Gasteiger charge is -2.30. The molecule has 9 heteroatoms. The zero-order valence-electron chi connectivity index (χ0n) is 19.7. The van der Waals surface area contributed by atoms with Crippen LogP contribution in [0.3, 0.4) is 0 Å². The van der Waals surface area contributed by atoms with Crippen molar-refractivity contribution in [2.24, 2.45) is 9.98 Å². The Kier molecular flexibility index (Phi) is 10.1. The lowest BCUT2D eigenvalue weighted by atomic mass is 10.1. The summed E-state index contributed by atoms with van der Waals surface area (Å²) in [4.78, 5) is 11.8. The van der Waals surface area contributed by atoms with Crippen molar-refractivity contribution >= 4 is 27.6 Å². The van der Waals surface area contributed by atoms with Crippen LogP contribution in [-0.2, 0) is 14.9 Å². The molecule has 0 unspecified atom stereocenters. The summed E-state index contributed by atoms with van der Waals surface area (Å²) in [5.41, 5.74) is 2.02. The highest BCUT2D eigenvalue weighted by atomic mass is 32.2. The number of guanidine groups is 1. The van der Waals surface area contributed by atoms with Crippen LogP contribution in [0.5, 0.6) is 0 Å². The molecule has 8 nitrogen and oxygen atoms in total. The number of amidine groups is 1. The first kappa shape index (κ1) is 25.9. The number of benzene rings is 2. The van der Waals surface area contributed by atoms with Gasteiger partial charge in [0, 0.05) is 31.7 Å². The summed E-state index contributed by atoms with van der Waals surface area (Å²) in [6.07, 6.45) is 5.92. The molecular formula is C25H34N4O4S. The zero-order valence-corrected chi connectivity index (χ0v) is 20.5. The van der Waals surface area contributed by atoms with E-state index in [1.165, 1.54) is 37.8 Å². The van der Waals surface area contributed by atoms with Crippen molar-refractivity contribution in [3.8, 4) is 0 Å². The predicted molar refractivity (Wildman–Crippen MR) is 136 cm³/mol. The molecule has 2 N–H and O–H groups in total. The van der Waals surface area contributed by atoms with Crippen molar-refractivity contribution in [2.75, 3.05) is 38.2 Å². The molecule has 2 aliphatic rings. The second-order valence-corrected chi connectivity index (χ2v) is 9.70. The Labute approximate surface area is 202 Å². The highest BCUT2D eigenvalue weighted by molar-refractivity contribution is 7.85. The van der Waals surface area contributed by atoms with E-state index in [1.807, 2.05) is 25.1 Å². The second-order valence-electron chi connectivity index (χ2n) is 8.28. The predicted octanol–water partition coefficient (Wildman–Crippen LogP) is 4.39. The fourth-order valence-corrected chi connectivity index (χ4v) is 4.04. The number of morpholine rings is 1. The van der Waals surface area contributed by atoms with Crippen LogP contribution < -0.4 is 5.32 Å². The third-order valence-electron chi connectivity index (χ3n) is 5.50. The van der Waals surface area contributed by atoms with Gasteiger partial charge in [-0.05, 0) is 44.0 Å². The van der Waals surface area contributed by atoms with Gasteiger partial charge in [0.25, 0.3) is 10.1 Å². The summed E-state index contributed by atoms with van der Waals surface area (Å²) in [6.45, 7) is 5.98. The smallest absolute Gasteiger partial charge is 0.294 e. The van der Waals surface area contributed by atoms with Crippen LogP contribution in [0, 0.1) is 6.92 Å². The Bertz CT molecular complexity index is 1050. The Morgan fingerprint density at radius 1 is 1.00 bits per heavy atom. The molecule has 0 amide bonds. The Hall–Kier alpha value is -2.75. The number of nitrogens with one attached hydrogen (secondary N) is 1. The van der Waals surface area contributed by atoms with Crippen LogP contribution in [0.2, 0.25) is 0 Å². The van der Waals surface area contributed by atoms with Crippen molar-refractivity contribution < 1.29 is 17.7 Å². The van der Waals surface area contributed by atoms with Crippen LogP contribution in [0.15, 0.2) is 69.5 Å². The molecule has 0 radical (unpaired) electrons. The first-order chi connectivity index (χ1) is 16.4. The number of nitrogens with zero attached hydrogens (tertiary/aromatic N) is 3. The summed E-state index contributed by atoms with van der Waals surface area (Å²) < 4.78 is 35.0. The minimum absolute atomic E-state index is 0.0666.